The maximum Gasteiger partial charge on any atom is 0.173 e. The highest BCUT2D eigenvalue weighted by atomic mass is 16.2. The number of fused-ring (bicyclic) bond motifs is 1. The molecule has 0 spiro atoms. The fourth-order valence-electron chi connectivity index (χ4n) is 6.59. The third-order valence-electron chi connectivity index (χ3n) is 8.66. The van der Waals surface area contributed by atoms with Gasteiger partial charge in [0.15, 0.2) is 5.78 Å². The molecule has 3 aliphatic rings. The van der Waals surface area contributed by atoms with Crippen molar-refractivity contribution in [2.24, 2.45) is 29.6 Å². The first-order valence-electron chi connectivity index (χ1n) is 13.3. The number of hydrogen-bond donors (Lipinski definition) is 0. The molecule has 35 heavy (non-hydrogen) atoms. The van der Waals surface area contributed by atoms with Gasteiger partial charge in [0.25, 0.3) is 0 Å². The summed E-state index contributed by atoms with van der Waals surface area (Å²) in [5.74, 6) is -0.449. The molecule has 0 aliphatic heterocycles. The van der Waals surface area contributed by atoms with Crippen LogP contribution in [0.5, 0.6) is 0 Å². The number of benzene rings is 1. The van der Waals surface area contributed by atoms with Crippen molar-refractivity contribution in [2.45, 2.75) is 90.4 Å². The Labute approximate surface area is 208 Å². The first-order chi connectivity index (χ1) is 16.6. The molecule has 1 aromatic carbocycles. The number of unbranched alkanes of at least 4 members (excludes halogenated alkanes) is 1. The molecule has 3 saturated carbocycles. The minimum Gasteiger partial charge on any atom is -0.300 e. The van der Waals surface area contributed by atoms with Crippen molar-refractivity contribution < 1.29 is 24.0 Å². The zero-order valence-corrected chi connectivity index (χ0v) is 21.3. The first kappa shape index (κ1) is 25.7. The minimum atomic E-state index is -0.693. The fourth-order valence-corrected chi connectivity index (χ4v) is 6.59. The van der Waals surface area contributed by atoms with Gasteiger partial charge in [-0.1, -0.05) is 57.9 Å². The van der Waals surface area contributed by atoms with Crippen LogP contribution in [0.3, 0.4) is 0 Å². The lowest BCUT2D eigenvalue weighted by Crippen LogP contribution is -2.25. The fraction of sp³-hybridized carbons (Fsp3) is 0.633. The normalized spacial score (nSPS) is 27.0. The van der Waals surface area contributed by atoms with Crippen LogP contribution in [0, 0.1) is 29.6 Å². The van der Waals surface area contributed by atoms with Crippen molar-refractivity contribution in [3.8, 4) is 0 Å². The van der Waals surface area contributed by atoms with Crippen molar-refractivity contribution in [3.63, 3.8) is 0 Å². The summed E-state index contributed by atoms with van der Waals surface area (Å²) in [6.07, 6.45) is 6.10. The van der Waals surface area contributed by atoms with E-state index < -0.39 is 11.8 Å². The summed E-state index contributed by atoms with van der Waals surface area (Å²) in [5.41, 5.74) is 1.83. The molecule has 4 unspecified atom stereocenters. The summed E-state index contributed by atoms with van der Waals surface area (Å²) >= 11 is 0. The quantitative estimate of drug-likeness (QED) is 0.267. The Kier molecular flexibility index (Phi) is 7.54. The molecule has 0 bridgehead atoms. The predicted molar refractivity (Wildman–Crippen MR) is 133 cm³/mol. The van der Waals surface area contributed by atoms with Gasteiger partial charge in [-0.15, -0.1) is 0 Å². The molecule has 0 heterocycles. The molecule has 1 aromatic rings. The third-order valence-corrected chi connectivity index (χ3v) is 8.66. The average Bonchev–Trinajstić information content (AvgIpc) is 3.45. The van der Waals surface area contributed by atoms with Gasteiger partial charge in [0.2, 0.25) is 0 Å². The second-order valence-electron chi connectivity index (χ2n) is 12.0. The highest BCUT2D eigenvalue weighted by Crippen LogP contribution is 2.51. The van der Waals surface area contributed by atoms with Crippen LogP contribution in [0.4, 0.5) is 0 Å². The Balaban J connectivity index is 1.26. The molecule has 0 amide bonds. The van der Waals surface area contributed by atoms with Gasteiger partial charge in [0.05, 0.1) is 11.8 Å². The SMILES string of the molecule is CC(C)(C)c1ccc(C(=O)C2C(=O)CC3C(CCCCC(=O)CC4C(=O)CCC4=O)CCC23)cc1. The Morgan fingerprint density at radius 1 is 0.857 bits per heavy atom. The van der Waals surface area contributed by atoms with Crippen LogP contribution in [0.15, 0.2) is 24.3 Å². The minimum absolute atomic E-state index is 0.00193. The lowest BCUT2D eigenvalue weighted by atomic mass is 9.82. The molecule has 0 saturated heterocycles. The van der Waals surface area contributed by atoms with Gasteiger partial charge in [-0.3, -0.25) is 24.0 Å². The van der Waals surface area contributed by atoms with Crippen molar-refractivity contribution in [1.82, 2.24) is 0 Å². The molecule has 5 heteroatoms. The van der Waals surface area contributed by atoms with E-state index in [1.54, 1.807) is 0 Å². The van der Waals surface area contributed by atoms with E-state index in [-0.39, 0.29) is 65.4 Å². The number of carbonyl (C=O) groups excluding carboxylic acids is 5. The highest BCUT2D eigenvalue weighted by molar-refractivity contribution is 6.12. The number of hydrogen-bond acceptors (Lipinski definition) is 5. The maximum atomic E-state index is 13.3. The smallest absolute Gasteiger partial charge is 0.173 e. The third kappa shape index (κ3) is 5.54. The van der Waals surface area contributed by atoms with Crippen molar-refractivity contribution >= 4 is 28.9 Å². The zero-order valence-electron chi connectivity index (χ0n) is 21.3. The van der Waals surface area contributed by atoms with Crippen LogP contribution in [0.25, 0.3) is 0 Å². The molecule has 0 N–H and O–H groups in total. The standard InChI is InChI=1S/C30H38O5/c1-30(2,3)20-11-8-19(9-12-20)29(35)28-22-13-10-18(23(22)17-27(28)34)6-4-5-7-21(31)16-24-25(32)14-15-26(24)33/h8-9,11-12,18,22-24,28H,4-7,10,13-17H2,1-3H3. The molecule has 3 fully saturated rings. The molecule has 5 nitrogen and oxygen atoms in total. The van der Waals surface area contributed by atoms with Gasteiger partial charge in [0, 0.05) is 37.7 Å². The van der Waals surface area contributed by atoms with Crippen molar-refractivity contribution in [3.05, 3.63) is 35.4 Å². The lowest BCUT2D eigenvalue weighted by molar-refractivity contribution is -0.132. The van der Waals surface area contributed by atoms with Crippen LogP contribution in [0.2, 0.25) is 0 Å². The van der Waals surface area contributed by atoms with E-state index in [1.165, 1.54) is 5.56 Å². The first-order valence-corrected chi connectivity index (χ1v) is 13.3. The molecule has 3 aliphatic carbocycles. The molecule has 0 radical (unpaired) electrons. The maximum absolute atomic E-state index is 13.3. The van der Waals surface area contributed by atoms with Gasteiger partial charge in [-0.2, -0.15) is 0 Å². The van der Waals surface area contributed by atoms with Gasteiger partial charge < -0.3 is 0 Å². The van der Waals surface area contributed by atoms with E-state index in [0.29, 0.717) is 24.3 Å². The van der Waals surface area contributed by atoms with Gasteiger partial charge >= 0.3 is 0 Å². The van der Waals surface area contributed by atoms with E-state index in [1.807, 2.05) is 24.3 Å². The van der Waals surface area contributed by atoms with E-state index >= 15 is 0 Å². The molecule has 4 rings (SSSR count). The van der Waals surface area contributed by atoms with Crippen molar-refractivity contribution in [2.75, 3.05) is 0 Å². The summed E-state index contributed by atoms with van der Waals surface area (Å²) in [7, 11) is 0. The van der Waals surface area contributed by atoms with E-state index in [4.69, 9.17) is 0 Å². The highest BCUT2D eigenvalue weighted by Gasteiger charge is 2.51. The van der Waals surface area contributed by atoms with Crippen LogP contribution in [-0.4, -0.2) is 28.9 Å². The van der Waals surface area contributed by atoms with Crippen LogP contribution >= 0.6 is 0 Å². The zero-order chi connectivity index (χ0) is 25.3. The summed E-state index contributed by atoms with van der Waals surface area (Å²) < 4.78 is 0. The number of carbonyl (C=O) groups is 5. The van der Waals surface area contributed by atoms with Gasteiger partial charge in [0.1, 0.15) is 23.1 Å². The van der Waals surface area contributed by atoms with E-state index in [9.17, 15) is 24.0 Å². The Morgan fingerprint density at radius 2 is 1.51 bits per heavy atom. The number of ketones is 5. The molecule has 4 atom stereocenters. The topological polar surface area (TPSA) is 85.3 Å². The predicted octanol–water partition coefficient (Wildman–Crippen LogP) is 5.47. The summed E-state index contributed by atoms with van der Waals surface area (Å²) in [4.78, 5) is 61.9. The van der Waals surface area contributed by atoms with Gasteiger partial charge in [-0.05, 0) is 48.0 Å². The van der Waals surface area contributed by atoms with Crippen LogP contribution in [-0.2, 0) is 24.6 Å². The van der Waals surface area contributed by atoms with Crippen LogP contribution < -0.4 is 0 Å². The summed E-state index contributed by atoms with van der Waals surface area (Å²) in [6.45, 7) is 6.42. The lowest BCUT2D eigenvalue weighted by Gasteiger charge is -2.21. The van der Waals surface area contributed by atoms with E-state index in [0.717, 1.165) is 32.1 Å². The largest absolute Gasteiger partial charge is 0.300 e. The van der Waals surface area contributed by atoms with Gasteiger partial charge in [-0.25, -0.2) is 0 Å². The number of Topliss-reactive ketones (excluding diaryl/α,β-unsaturated/α-hetero) is 5. The Hall–Kier alpha value is -2.43. The average molecular weight is 479 g/mol. The second-order valence-corrected chi connectivity index (χ2v) is 12.0. The molecule has 0 aromatic heterocycles. The molecule has 188 valence electrons. The monoisotopic (exact) mass is 478 g/mol. The molecular weight excluding hydrogens is 440 g/mol. The molecular formula is C30H38O5. The Morgan fingerprint density at radius 3 is 2.14 bits per heavy atom. The Bertz CT molecular complexity index is 996. The van der Waals surface area contributed by atoms with Crippen molar-refractivity contribution in [1.29, 1.82) is 0 Å². The second kappa shape index (κ2) is 10.3. The van der Waals surface area contributed by atoms with E-state index in [2.05, 4.69) is 20.8 Å². The summed E-state index contributed by atoms with van der Waals surface area (Å²) in [6, 6.07) is 7.75. The van der Waals surface area contributed by atoms with Crippen LogP contribution in [0.1, 0.15) is 101 Å². The number of rotatable bonds is 9. The summed E-state index contributed by atoms with van der Waals surface area (Å²) in [5, 5.41) is 0.